The second kappa shape index (κ2) is 9.42. The van der Waals surface area contributed by atoms with Gasteiger partial charge in [0.15, 0.2) is 0 Å². The van der Waals surface area contributed by atoms with Crippen LogP contribution in [0.3, 0.4) is 0 Å². The van der Waals surface area contributed by atoms with E-state index < -0.39 is 0 Å². The highest BCUT2D eigenvalue weighted by molar-refractivity contribution is 5.93. The molecule has 1 amide bonds. The van der Waals surface area contributed by atoms with Crippen LogP contribution in [0.1, 0.15) is 30.9 Å². The first kappa shape index (κ1) is 22.3. The molecule has 3 heterocycles. The van der Waals surface area contributed by atoms with Crippen molar-refractivity contribution in [1.82, 2.24) is 24.7 Å². The fourth-order valence-corrected chi connectivity index (χ4v) is 3.94. The van der Waals surface area contributed by atoms with Gasteiger partial charge >= 0.3 is 0 Å². The molecule has 0 fully saturated rings. The molecule has 176 valence electrons. The summed E-state index contributed by atoms with van der Waals surface area (Å²) in [6, 6.07) is 17.8. The van der Waals surface area contributed by atoms with Crippen molar-refractivity contribution in [2.75, 3.05) is 10.6 Å². The summed E-state index contributed by atoms with van der Waals surface area (Å²) in [4.78, 5) is 24.6. The number of fused-ring (bicyclic) bond motifs is 1. The number of anilines is 3. The Bertz CT molecular complexity index is 1460. The van der Waals surface area contributed by atoms with E-state index in [4.69, 9.17) is 0 Å². The third-order valence-electron chi connectivity index (χ3n) is 5.88. The molecule has 0 saturated heterocycles. The molecule has 0 aliphatic heterocycles. The lowest BCUT2D eigenvalue weighted by atomic mass is 10.0. The lowest BCUT2D eigenvalue weighted by molar-refractivity contribution is -0.115. The molecule has 8 heteroatoms. The number of aryl methyl sites for hydroxylation is 1. The molecule has 0 radical (unpaired) electrons. The molecule has 5 rings (SSSR count). The smallest absolute Gasteiger partial charge is 0.228 e. The van der Waals surface area contributed by atoms with Gasteiger partial charge in [0.25, 0.3) is 0 Å². The molecule has 3 N–H and O–H groups in total. The molecule has 35 heavy (non-hydrogen) atoms. The van der Waals surface area contributed by atoms with Gasteiger partial charge in [-0.1, -0.05) is 38.1 Å². The normalized spacial score (nSPS) is 11.2. The molecule has 8 nitrogen and oxygen atoms in total. The minimum absolute atomic E-state index is 0.0456. The Kier molecular flexibility index (Phi) is 6.01. The Labute approximate surface area is 203 Å². The topological polar surface area (TPSA) is 101 Å². The van der Waals surface area contributed by atoms with Crippen molar-refractivity contribution in [2.45, 2.75) is 26.2 Å². The van der Waals surface area contributed by atoms with Crippen molar-refractivity contribution in [1.29, 1.82) is 0 Å². The van der Waals surface area contributed by atoms with E-state index in [1.54, 1.807) is 10.9 Å². The zero-order chi connectivity index (χ0) is 24.4. The third-order valence-corrected chi connectivity index (χ3v) is 5.88. The van der Waals surface area contributed by atoms with Gasteiger partial charge in [-0.3, -0.25) is 9.48 Å². The predicted octanol–water partition coefficient (Wildman–Crippen LogP) is 5.41. The van der Waals surface area contributed by atoms with Gasteiger partial charge in [0, 0.05) is 30.2 Å². The highest BCUT2D eigenvalue weighted by Crippen LogP contribution is 2.28. The van der Waals surface area contributed by atoms with E-state index in [2.05, 4.69) is 56.7 Å². The number of carbonyl (C=O) groups is 1. The van der Waals surface area contributed by atoms with Gasteiger partial charge in [-0.05, 0) is 47.4 Å². The maximum Gasteiger partial charge on any atom is 0.228 e. The first-order valence-corrected chi connectivity index (χ1v) is 11.5. The number of hydrogen-bond acceptors (Lipinski definition) is 5. The van der Waals surface area contributed by atoms with Crippen LogP contribution in [0.4, 0.5) is 17.2 Å². The molecule has 0 bridgehead atoms. The monoisotopic (exact) mass is 465 g/mol. The van der Waals surface area contributed by atoms with Crippen molar-refractivity contribution in [3.63, 3.8) is 0 Å². The molecule has 0 atom stereocenters. The zero-order valence-corrected chi connectivity index (χ0v) is 19.9. The minimum atomic E-state index is -0.0456. The van der Waals surface area contributed by atoms with E-state index in [9.17, 15) is 4.79 Å². The second-order valence-electron chi connectivity index (χ2n) is 8.89. The first-order chi connectivity index (χ1) is 16.9. The molecule has 0 aliphatic carbocycles. The van der Waals surface area contributed by atoms with E-state index in [1.165, 1.54) is 11.9 Å². The van der Waals surface area contributed by atoms with E-state index in [0.29, 0.717) is 18.2 Å². The van der Waals surface area contributed by atoms with Gasteiger partial charge in [-0.25, -0.2) is 9.97 Å². The van der Waals surface area contributed by atoms with E-state index in [1.807, 2.05) is 55.7 Å². The number of nitrogens with zero attached hydrogens (tertiary/aromatic N) is 4. The standard InChI is InChI=1S/C27H27N7O/c1-17(2)19-6-10-21(11-7-19)31-25(35)12-18-4-8-22(9-5-18)32-26-23-13-24(20-14-30-34(3)15-20)33-27(23)29-16-28-26/h4-11,13-17H,12H2,1-3H3,(H,31,35)(H2,28,29,32,33). The van der Waals surface area contributed by atoms with Crippen molar-refractivity contribution in [3.05, 3.63) is 84.4 Å². The molecule has 0 unspecified atom stereocenters. The summed E-state index contributed by atoms with van der Waals surface area (Å²) >= 11 is 0. The Hall–Kier alpha value is -4.46. The van der Waals surface area contributed by atoms with E-state index in [-0.39, 0.29) is 5.91 Å². The molecular formula is C27H27N7O. The summed E-state index contributed by atoms with van der Waals surface area (Å²) in [5, 5.41) is 11.4. The fraction of sp³-hybridized carbons (Fsp3) is 0.185. The summed E-state index contributed by atoms with van der Waals surface area (Å²) in [5.41, 5.74) is 6.52. The number of nitrogens with one attached hydrogen (secondary N) is 3. The summed E-state index contributed by atoms with van der Waals surface area (Å²) < 4.78 is 1.76. The SMILES string of the molecule is CC(C)c1ccc(NC(=O)Cc2ccc(Nc3ncnc4[nH]c(-c5cnn(C)c5)cc34)cc2)cc1. The van der Waals surface area contributed by atoms with Crippen molar-refractivity contribution < 1.29 is 4.79 Å². The average molecular weight is 466 g/mol. The first-order valence-electron chi connectivity index (χ1n) is 11.5. The van der Waals surface area contributed by atoms with Crippen molar-refractivity contribution >= 4 is 34.1 Å². The molecule has 0 aliphatic rings. The van der Waals surface area contributed by atoms with Crippen LogP contribution in [-0.2, 0) is 18.3 Å². The number of aromatic nitrogens is 5. The van der Waals surface area contributed by atoms with Crippen molar-refractivity contribution in [2.24, 2.45) is 7.05 Å². The molecule has 2 aromatic carbocycles. The number of benzene rings is 2. The van der Waals surface area contributed by atoms with E-state index in [0.717, 1.165) is 39.2 Å². The van der Waals surface area contributed by atoms with Crippen LogP contribution in [0.25, 0.3) is 22.3 Å². The highest BCUT2D eigenvalue weighted by atomic mass is 16.1. The van der Waals surface area contributed by atoms with Gasteiger partial charge in [-0.15, -0.1) is 0 Å². The Morgan fingerprint density at radius 2 is 1.77 bits per heavy atom. The molecular weight excluding hydrogens is 438 g/mol. The zero-order valence-electron chi connectivity index (χ0n) is 19.9. The number of hydrogen-bond donors (Lipinski definition) is 3. The van der Waals surface area contributed by atoms with Gasteiger partial charge in [-0.2, -0.15) is 5.10 Å². The Morgan fingerprint density at radius 3 is 2.46 bits per heavy atom. The number of rotatable bonds is 7. The molecule has 5 aromatic rings. The Morgan fingerprint density at radius 1 is 1.03 bits per heavy atom. The fourth-order valence-electron chi connectivity index (χ4n) is 3.94. The van der Waals surface area contributed by atoms with Crippen molar-refractivity contribution in [3.8, 4) is 11.3 Å². The average Bonchev–Trinajstić information content (AvgIpc) is 3.47. The minimum Gasteiger partial charge on any atom is -0.340 e. The molecule has 0 saturated carbocycles. The summed E-state index contributed by atoms with van der Waals surface area (Å²) in [5.74, 6) is 1.12. The van der Waals surface area contributed by atoms with Crippen LogP contribution in [0.5, 0.6) is 0 Å². The van der Waals surface area contributed by atoms with Gasteiger partial charge in [0.1, 0.15) is 17.8 Å². The van der Waals surface area contributed by atoms with Crippen LogP contribution in [-0.4, -0.2) is 30.6 Å². The van der Waals surface area contributed by atoms with Gasteiger partial charge in [0.05, 0.1) is 23.7 Å². The summed E-state index contributed by atoms with van der Waals surface area (Å²) in [7, 11) is 1.89. The van der Waals surface area contributed by atoms with Crippen LogP contribution in [0.15, 0.2) is 73.3 Å². The van der Waals surface area contributed by atoms with Gasteiger partial charge in [0.2, 0.25) is 5.91 Å². The Balaban J connectivity index is 1.25. The van der Waals surface area contributed by atoms with Crippen LogP contribution < -0.4 is 10.6 Å². The summed E-state index contributed by atoms with van der Waals surface area (Å²) in [6.07, 6.45) is 5.58. The second-order valence-corrected chi connectivity index (χ2v) is 8.89. The van der Waals surface area contributed by atoms with Gasteiger partial charge < -0.3 is 15.6 Å². The maximum atomic E-state index is 12.5. The summed E-state index contributed by atoms with van der Waals surface area (Å²) in [6.45, 7) is 4.30. The quantitative estimate of drug-likeness (QED) is 0.299. The lowest BCUT2D eigenvalue weighted by Crippen LogP contribution is -2.14. The van der Waals surface area contributed by atoms with E-state index >= 15 is 0 Å². The highest BCUT2D eigenvalue weighted by Gasteiger charge is 2.11. The number of aromatic amines is 1. The largest absolute Gasteiger partial charge is 0.340 e. The predicted molar refractivity (Wildman–Crippen MR) is 139 cm³/mol. The molecule has 3 aromatic heterocycles. The van der Waals surface area contributed by atoms with Crippen LogP contribution in [0.2, 0.25) is 0 Å². The van der Waals surface area contributed by atoms with Crippen LogP contribution in [0, 0.1) is 0 Å². The number of carbonyl (C=O) groups excluding carboxylic acids is 1. The lowest BCUT2D eigenvalue weighted by Gasteiger charge is -2.09. The molecule has 0 spiro atoms. The number of amides is 1. The third kappa shape index (κ3) is 5.06. The maximum absolute atomic E-state index is 12.5. The number of H-pyrrole nitrogens is 1. The van der Waals surface area contributed by atoms with Crippen LogP contribution >= 0.6 is 0 Å².